The third-order valence-electron chi connectivity index (χ3n) is 3.02. The number of hydrogen-bond acceptors (Lipinski definition) is 3. The summed E-state index contributed by atoms with van der Waals surface area (Å²) in [6.07, 6.45) is 3.66. The smallest absolute Gasteiger partial charge is 0.138 e. The van der Waals surface area contributed by atoms with E-state index in [1.54, 1.807) is 11.3 Å². The number of carbonyl (C=O) groups excluding carboxylic acids is 1. The molecule has 2 heterocycles. The molecule has 1 saturated heterocycles. The van der Waals surface area contributed by atoms with Crippen molar-refractivity contribution in [1.82, 2.24) is 5.32 Å². The highest BCUT2D eigenvalue weighted by Gasteiger charge is 2.17. The average molecular weight is 302 g/mol. The summed E-state index contributed by atoms with van der Waals surface area (Å²) in [5.74, 6) is 0.988. The Morgan fingerprint density at radius 3 is 2.88 bits per heavy atom. The third-order valence-corrected chi connectivity index (χ3v) is 4.95. The molecular weight excluding hydrogens is 286 g/mol. The summed E-state index contributed by atoms with van der Waals surface area (Å²) in [5, 5.41) is 5.35. The Morgan fingerprint density at radius 1 is 1.50 bits per heavy atom. The maximum atomic E-state index is 11.9. The summed E-state index contributed by atoms with van der Waals surface area (Å²) in [6, 6.07) is 2.01. The average Bonchev–Trinajstić information content (AvgIpc) is 2.66. The second kappa shape index (κ2) is 5.94. The van der Waals surface area contributed by atoms with Gasteiger partial charge < -0.3 is 5.32 Å². The number of Topliss-reactive ketones (excluding diaryl/α,β-unsaturated/α-hetero) is 1. The molecule has 0 radical (unpaired) electrons. The van der Waals surface area contributed by atoms with Crippen LogP contribution in [0.1, 0.15) is 24.1 Å². The highest BCUT2D eigenvalue weighted by atomic mass is 79.9. The van der Waals surface area contributed by atoms with Crippen LogP contribution in [0.15, 0.2) is 15.9 Å². The first-order chi connectivity index (χ1) is 7.75. The fourth-order valence-electron chi connectivity index (χ4n) is 2.11. The van der Waals surface area contributed by atoms with Gasteiger partial charge >= 0.3 is 0 Å². The number of rotatable bonds is 4. The molecule has 2 rings (SSSR count). The lowest BCUT2D eigenvalue weighted by atomic mass is 9.92. The minimum atomic E-state index is 0.384. The van der Waals surface area contributed by atoms with Crippen molar-refractivity contribution >= 4 is 33.0 Å². The van der Waals surface area contributed by atoms with Gasteiger partial charge in [0.15, 0.2) is 0 Å². The maximum absolute atomic E-state index is 11.9. The van der Waals surface area contributed by atoms with E-state index in [4.69, 9.17) is 0 Å². The Labute approximate surface area is 109 Å². The summed E-state index contributed by atoms with van der Waals surface area (Å²) >= 11 is 5.13. The number of nitrogens with one attached hydrogen (secondary N) is 1. The Balaban J connectivity index is 1.82. The van der Waals surface area contributed by atoms with Crippen LogP contribution < -0.4 is 5.32 Å². The molecule has 0 amide bonds. The van der Waals surface area contributed by atoms with E-state index in [0.717, 1.165) is 36.8 Å². The largest absolute Gasteiger partial charge is 0.317 e. The van der Waals surface area contributed by atoms with Crippen molar-refractivity contribution in [3.63, 3.8) is 0 Å². The number of ketones is 1. The molecule has 4 heteroatoms. The number of hydrogen-bond donors (Lipinski definition) is 1. The molecule has 1 fully saturated rings. The normalized spacial score (nSPS) is 17.6. The van der Waals surface area contributed by atoms with Gasteiger partial charge in [0.2, 0.25) is 0 Å². The lowest BCUT2D eigenvalue weighted by Gasteiger charge is -2.21. The van der Waals surface area contributed by atoms with Gasteiger partial charge in [-0.15, -0.1) is 11.3 Å². The second-order valence-electron chi connectivity index (χ2n) is 4.30. The second-order valence-corrected chi connectivity index (χ2v) is 6.16. The van der Waals surface area contributed by atoms with Gasteiger partial charge in [-0.05, 0) is 59.2 Å². The van der Waals surface area contributed by atoms with Crippen molar-refractivity contribution < 1.29 is 4.79 Å². The number of halogens is 1. The van der Waals surface area contributed by atoms with Gasteiger partial charge in [-0.2, -0.15) is 0 Å². The zero-order valence-electron chi connectivity index (χ0n) is 9.17. The Hall–Kier alpha value is -0.190. The van der Waals surface area contributed by atoms with Crippen molar-refractivity contribution in [2.75, 3.05) is 13.1 Å². The number of thiophene rings is 1. The van der Waals surface area contributed by atoms with Crippen LogP contribution in [-0.4, -0.2) is 18.9 Å². The standard InChI is InChI=1S/C12H16BrNOS/c13-11-3-6-16-12(11)8-10(15)7-9-1-4-14-5-2-9/h3,6,9,14H,1-2,4-5,7-8H2. The predicted octanol–water partition coefficient (Wildman–Crippen LogP) is 3.01. The molecular formula is C12H16BrNOS. The Morgan fingerprint density at radius 2 is 2.25 bits per heavy atom. The molecule has 0 saturated carbocycles. The molecule has 0 atom stereocenters. The number of piperidine rings is 1. The topological polar surface area (TPSA) is 29.1 Å². The van der Waals surface area contributed by atoms with Gasteiger partial charge in [0.25, 0.3) is 0 Å². The molecule has 0 aliphatic carbocycles. The van der Waals surface area contributed by atoms with Gasteiger partial charge in [-0.25, -0.2) is 0 Å². The molecule has 16 heavy (non-hydrogen) atoms. The van der Waals surface area contributed by atoms with Crippen LogP contribution >= 0.6 is 27.3 Å². The van der Waals surface area contributed by atoms with Crippen molar-refractivity contribution in [3.8, 4) is 0 Å². The van der Waals surface area contributed by atoms with Crippen molar-refractivity contribution in [1.29, 1.82) is 0 Å². The lowest BCUT2D eigenvalue weighted by Crippen LogP contribution is -2.29. The molecule has 0 aromatic carbocycles. The van der Waals surface area contributed by atoms with E-state index >= 15 is 0 Å². The number of carbonyl (C=O) groups is 1. The van der Waals surface area contributed by atoms with E-state index in [1.165, 1.54) is 4.88 Å². The lowest BCUT2D eigenvalue weighted by molar-refractivity contribution is -0.119. The van der Waals surface area contributed by atoms with Crippen molar-refractivity contribution in [3.05, 3.63) is 20.8 Å². The molecule has 0 unspecified atom stereocenters. The summed E-state index contributed by atoms with van der Waals surface area (Å²) < 4.78 is 1.08. The fourth-order valence-corrected chi connectivity index (χ4v) is 3.63. The minimum absolute atomic E-state index is 0.384. The van der Waals surface area contributed by atoms with E-state index < -0.39 is 0 Å². The van der Waals surface area contributed by atoms with Gasteiger partial charge in [-0.3, -0.25) is 4.79 Å². The molecule has 1 aliphatic rings. The third kappa shape index (κ3) is 3.40. The fraction of sp³-hybridized carbons (Fsp3) is 0.583. The SMILES string of the molecule is O=C(Cc1sccc1Br)CC1CCNCC1. The van der Waals surface area contributed by atoms with E-state index in [0.29, 0.717) is 18.1 Å². The van der Waals surface area contributed by atoms with E-state index in [1.807, 2.05) is 11.4 Å². The monoisotopic (exact) mass is 301 g/mol. The molecule has 1 aromatic rings. The molecule has 1 aliphatic heterocycles. The van der Waals surface area contributed by atoms with Crippen LogP contribution in [0.25, 0.3) is 0 Å². The quantitative estimate of drug-likeness (QED) is 0.926. The molecule has 88 valence electrons. The van der Waals surface area contributed by atoms with Crippen molar-refractivity contribution in [2.45, 2.75) is 25.7 Å². The minimum Gasteiger partial charge on any atom is -0.317 e. The highest BCUT2D eigenvalue weighted by Crippen LogP contribution is 2.25. The maximum Gasteiger partial charge on any atom is 0.138 e. The van der Waals surface area contributed by atoms with Gasteiger partial charge in [0.1, 0.15) is 5.78 Å². The van der Waals surface area contributed by atoms with Crippen LogP contribution in [0.2, 0.25) is 0 Å². The molecule has 1 aromatic heterocycles. The molecule has 0 bridgehead atoms. The van der Waals surface area contributed by atoms with Crippen LogP contribution in [0.5, 0.6) is 0 Å². The first kappa shape index (κ1) is 12.3. The summed E-state index contributed by atoms with van der Waals surface area (Å²) in [7, 11) is 0. The van der Waals surface area contributed by atoms with E-state index in [-0.39, 0.29) is 0 Å². The van der Waals surface area contributed by atoms with Crippen LogP contribution in [0.4, 0.5) is 0 Å². The summed E-state index contributed by atoms with van der Waals surface area (Å²) in [6.45, 7) is 2.14. The molecule has 2 nitrogen and oxygen atoms in total. The summed E-state index contributed by atoms with van der Waals surface area (Å²) in [4.78, 5) is 13.1. The van der Waals surface area contributed by atoms with E-state index in [9.17, 15) is 4.79 Å². The van der Waals surface area contributed by atoms with Crippen LogP contribution in [0.3, 0.4) is 0 Å². The van der Waals surface area contributed by atoms with Gasteiger partial charge in [0, 0.05) is 22.2 Å². The zero-order chi connectivity index (χ0) is 11.4. The van der Waals surface area contributed by atoms with Crippen LogP contribution in [-0.2, 0) is 11.2 Å². The zero-order valence-corrected chi connectivity index (χ0v) is 11.6. The first-order valence-electron chi connectivity index (χ1n) is 5.70. The van der Waals surface area contributed by atoms with Crippen molar-refractivity contribution in [2.24, 2.45) is 5.92 Å². The van der Waals surface area contributed by atoms with Gasteiger partial charge in [-0.1, -0.05) is 0 Å². The van der Waals surface area contributed by atoms with Gasteiger partial charge in [0.05, 0.1) is 0 Å². The predicted molar refractivity (Wildman–Crippen MR) is 70.9 cm³/mol. The van der Waals surface area contributed by atoms with E-state index in [2.05, 4.69) is 21.2 Å². The summed E-state index contributed by atoms with van der Waals surface area (Å²) in [5.41, 5.74) is 0. The van der Waals surface area contributed by atoms with Crippen LogP contribution in [0, 0.1) is 5.92 Å². The Kier molecular flexibility index (Phi) is 4.55. The first-order valence-corrected chi connectivity index (χ1v) is 7.37. The Bertz CT molecular complexity index is 358. The molecule has 0 spiro atoms. The molecule has 1 N–H and O–H groups in total. The highest BCUT2D eigenvalue weighted by molar-refractivity contribution is 9.10.